The highest BCUT2D eigenvalue weighted by molar-refractivity contribution is 6.31. The molecule has 1 N–H and O–H groups in total. The molecule has 17 heavy (non-hydrogen) atoms. The minimum absolute atomic E-state index is 0.296. The fourth-order valence-electron chi connectivity index (χ4n) is 2.27. The molecule has 0 saturated carbocycles. The lowest BCUT2D eigenvalue weighted by Crippen LogP contribution is -2.23. The van der Waals surface area contributed by atoms with Gasteiger partial charge in [-0.3, -0.25) is 0 Å². The zero-order valence-electron chi connectivity index (χ0n) is 10.3. The molecule has 1 aromatic carbocycles. The lowest BCUT2D eigenvalue weighted by atomic mass is 10.1. The largest absolute Gasteiger partial charge is 0.378 e. The summed E-state index contributed by atoms with van der Waals surface area (Å²) in [4.78, 5) is 0. The van der Waals surface area contributed by atoms with Gasteiger partial charge in [-0.1, -0.05) is 29.8 Å². The van der Waals surface area contributed by atoms with E-state index < -0.39 is 0 Å². The Balaban J connectivity index is 1.77. The highest BCUT2D eigenvalue weighted by Gasteiger charge is 2.15. The normalized spacial score (nSPS) is 21.6. The highest BCUT2D eigenvalue weighted by atomic mass is 35.5. The fraction of sp³-hybridized carbons (Fsp3) is 0.571. The van der Waals surface area contributed by atoms with Gasteiger partial charge in [-0.2, -0.15) is 0 Å². The number of rotatable bonds is 5. The van der Waals surface area contributed by atoms with Crippen LogP contribution in [0.25, 0.3) is 0 Å². The summed E-state index contributed by atoms with van der Waals surface area (Å²) >= 11 is 6.16. The fourth-order valence-corrected chi connectivity index (χ4v) is 2.57. The van der Waals surface area contributed by atoms with Crippen molar-refractivity contribution in [1.29, 1.82) is 0 Å². The summed E-state index contributed by atoms with van der Waals surface area (Å²) in [5.74, 6) is 0. The maximum absolute atomic E-state index is 6.16. The predicted molar refractivity (Wildman–Crippen MR) is 71.5 cm³/mol. The van der Waals surface area contributed by atoms with Crippen molar-refractivity contribution in [3.8, 4) is 0 Å². The molecule has 1 saturated heterocycles. The summed E-state index contributed by atoms with van der Waals surface area (Å²) in [5.41, 5.74) is 1.17. The van der Waals surface area contributed by atoms with Gasteiger partial charge in [0.1, 0.15) is 0 Å². The Hall–Kier alpha value is -0.570. The average Bonchev–Trinajstić information content (AvgIpc) is 2.82. The standard InChI is InChI=1S/C14H20ClNO/c1-11(13-6-2-3-7-14(13)15)16-9-8-12-5-4-10-17-12/h2-3,6-7,11-12,16H,4-5,8-10H2,1H3/t11-,12?/m0/s1. The third-order valence-electron chi connectivity index (χ3n) is 3.31. The Morgan fingerprint density at radius 3 is 3.00 bits per heavy atom. The molecule has 1 aliphatic heterocycles. The van der Waals surface area contributed by atoms with Crippen LogP contribution in [-0.4, -0.2) is 19.3 Å². The number of halogens is 1. The molecule has 1 fully saturated rings. The van der Waals surface area contributed by atoms with Gasteiger partial charge in [0.05, 0.1) is 6.10 Å². The van der Waals surface area contributed by atoms with Gasteiger partial charge in [0, 0.05) is 17.7 Å². The average molecular weight is 254 g/mol. The molecule has 2 rings (SSSR count). The van der Waals surface area contributed by atoms with E-state index in [4.69, 9.17) is 16.3 Å². The number of nitrogens with one attached hydrogen (secondary N) is 1. The zero-order valence-corrected chi connectivity index (χ0v) is 11.0. The van der Waals surface area contributed by atoms with Crippen molar-refractivity contribution in [2.24, 2.45) is 0 Å². The molecule has 94 valence electrons. The molecule has 0 spiro atoms. The maximum Gasteiger partial charge on any atom is 0.0588 e. The van der Waals surface area contributed by atoms with E-state index in [0.29, 0.717) is 12.1 Å². The van der Waals surface area contributed by atoms with Crippen LogP contribution >= 0.6 is 11.6 Å². The smallest absolute Gasteiger partial charge is 0.0588 e. The van der Waals surface area contributed by atoms with Crippen molar-refractivity contribution in [3.63, 3.8) is 0 Å². The summed E-state index contributed by atoms with van der Waals surface area (Å²) in [6.45, 7) is 4.07. The Labute approximate surface area is 108 Å². The van der Waals surface area contributed by atoms with Crippen LogP contribution in [0.15, 0.2) is 24.3 Å². The molecular formula is C14H20ClNO. The zero-order chi connectivity index (χ0) is 12.1. The monoisotopic (exact) mass is 253 g/mol. The van der Waals surface area contributed by atoms with Crippen LogP contribution in [0, 0.1) is 0 Å². The first-order chi connectivity index (χ1) is 8.27. The molecule has 0 bridgehead atoms. The summed E-state index contributed by atoms with van der Waals surface area (Å²) in [7, 11) is 0. The van der Waals surface area contributed by atoms with E-state index in [1.807, 2.05) is 18.2 Å². The molecule has 0 amide bonds. The molecular weight excluding hydrogens is 234 g/mol. The van der Waals surface area contributed by atoms with Crippen molar-refractivity contribution in [3.05, 3.63) is 34.9 Å². The molecule has 0 aromatic heterocycles. The van der Waals surface area contributed by atoms with E-state index in [1.54, 1.807) is 0 Å². The predicted octanol–water partition coefficient (Wildman–Crippen LogP) is 3.56. The van der Waals surface area contributed by atoms with Gasteiger partial charge in [0.25, 0.3) is 0 Å². The van der Waals surface area contributed by atoms with Crippen molar-refractivity contribution in [2.45, 2.75) is 38.3 Å². The first-order valence-corrected chi connectivity index (χ1v) is 6.74. The molecule has 1 aromatic rings. The third-order valence-corrected chi connectivity index (χ3v) is 3.66. The molecule has 0 aliphatic carbocycles. The van der Waals surface area contributed by atoms with Gasteiger partial charge in [-0.05, 0) is 44.4 Å². The van der Waals surface area contributed by atoms with E-state index >= 15 is 0 Å². The van der Waals surface area contributed by atoms with Crippen LogP contribution < -0.4 is 5.32 Å². The Kier molecular flexibility index (Phi) is 4.84. The van der Waals surface area contributed by atoms with E-state index in [2.05, 4.69) is 18.3 Å². The van der Waals surface area contributed by atoms with Crippen LogP contribution in [0.1, 0.15) is 37.8 Å². The topological polar surface area (TPSA) is 21.3 Å². The second kappa shape index (κ2) is 6.39. The van der Waals surface area contributed by atoms with Gasteiger partial charge in [0.2, 0.25) is 0 Å². The number of benzene rings is 1. The second-order valence-corrected chi connectivity index (χ2v) is 5.03. The van der Waals surface area contributed by atoms with Gasteiger partial charge in [-0.25, -0.2) is 0 Å². The first kappa shape index (κ1) is 12.9. The van der Waals surface area contributed by atoms with E-state index in [-0.39, 0.29) is 0 Å². The molecule has 1 heterocycles. The van der Waals surface area contributed by atoms with Gasteiger partial charge < -0.3 is 10.1 Å². The number of hydrogen-bond acceptors (Lipinski definition) is 2. The first-order valence-electron chi connectivity index (χ1n) is 6.37. The Morgan fingerprint density at radius 2 is 2.29 bits per heavy atom. The maximum atomic E-state index is 6.16. The van der Waals surface area contributed by atoms with Crippen molar-refractivity contribution in [2.75, 3.05) is 13.2 Å². The van der Waals surface area contributed by atoms with Crippen LogP contribution in [0.5, 0.6) is 0 Å². The molecule has 0 radical (unpaired) electrons. The van der Waals surface area contributed by atoms with E-state index in [9.17, 15) is 0 Å². The summed E-state index contributed by atoms with van der Waals surface area (Å²) < 4.78 is 5.60. The van der Waals surface area contributed by atoms with Crippen molar-refractivity contribution in [1.82, 2.24) is 5.32 Å². The van der Waals surface area contributed by atoms with Crippen LogP contribution in [0.3, 0.4) is 0 Å². The van der Waals surface area contributed by atoms with Crippen LogP contribution in [0.2, 0.25) is 5.02 Å². The summed E-state index contributed by atoms with van der Waals surface area (Å²) in [6.07, 6.45) is 3.97. The van der Waals surface area contributed by atoms with E-state index in [0.717, 1.165) is 24.6 Å². The van der Waals surface area contributed by atoms with Gasteiger partial charge in [-0.15, -0.1) is 0 Å². The third kappa shape index (κ3) is 3.70. The van der Waals surface area contributed by atoms with Gasteiger partial charge >= 0.3 is 0 Å². The minimum atomic E-state index is 0.296. The molecule has 1 unspecified atom stereocenters. The molecule has 2 atom stereocenters. The highest BCUT2D eigenvalue weighted by Crippen LogP contribution is 2.22. The van der Waals surface area contributed by atoms with Crippen LogP contribution in [0.4, 0.5) is 0 Å². The SMILES string of the molecule is C[C@H](NCCC1CCCO1)c1ccccc1Cl. The van der Waals surface area contributed by atoms with Gasteiger partial charge in [0.15, 0.2) is 0 Å². The Bertz CT molecular complexity index is 350. The number of ether oxygens (including phenoxy) is 1. The van der Waals surface area contributed by atoms with Crippen molar-refractivity contribution >= 4 is 11.6 Å². The minimum Gasteiger partial charge on any atom is -0.378 e. The lowest BCUT2D eigenvalue weighted by molar-refractivity contribution is 0.103. The Morgan fingerprint density at radius 1 is 1.47 bits per heavy atom. The summed E-state index contributed by atoms with van der Waals surface area (Å²) in [5, 5.41) is 4.34. The lowest BCUT2D eigenvalue weighted by Gasteiger charge is -2.17. The molecule has 2 nitrogen and oxygen atoms in total. The van der Waals surface area contributed by atoms with Crippen LogP contribution in [-0.2, 0) is 4.74 Å². The second-order valence-electron chi connectivity index (χ2n) is 4.62. The molecule has 3 heteroatoms. The number of hydrogen-bond donors (Lipinski definition) is 1. The van der Waals surface area contributed by atoms with Crippen molar-refractivity contribution < 1.29 is 4.74 Å². The summed E-state index contributed by atoms with van der Waals surface area (Å²) in [6, 6.07) is 8.30. The molecule has 1 aliphatic rings. The quantitative estimate of drug-likeness (QED) is 0.866. The van der Waals surface area contributed by atoms with E-state index in [1.165, 1.54) is 18.4 Å².